The van der Waals surface area contributed by atoms with Gasteiger partial charge in [0.05, 0.1) is 24.7 Å². The van der Waals surface area contributed by atoms with Crippen LogP contribution in [0.25, 0.3) is 0 Å². The third-order valence-electron chi connectivity index (χ3n) is 6.32. The number of methoxy groups -OCH3 is 1. The van der Waals surface area contributed by atoms with E-state index < -0.39 is 0 Å². The van der Waals surface area contributed by atoms with Gasteiger partial charge >= 0.3 is 0 Å². The van der Waals surface area contributed by atoms with E-state index in [0.29, 0.717) is 12.0 Å². The Morgan fingerprint density at radius 2 is 1.59 bits per heavy atom. The third-order valence-corrected chi connectivity index (χ3v) is 6.32. The van der Waals surface area contributed by atoms with Gasteiger partial charge in [-0.15, -0.1) is 0 Å². The Bertz CT molecular complexity index is 394. The van der Waals surface area contributed by atoms with Gasteiger partial charge in [0.2, 0.25) is 0 Å². The van der Waals surface area contributed by atoms with E-state index in [-0.39, 0.29) is 12.2 Å². The van der Waals surface area contributed by atoms with Crippen molar-refractivity contribution in [2.24, 2.45) is 23.7 Å². The predicted molar refractivity (Wildman–Crippen MR) is 87.2 cm³/mol. The first kappa shape index (κ1) is 15.9. The minimum Gasteiger partial charge on any atom is -0.499 e. The second-order valence-corrected chi connectivity index (χ2v) is 7.27. The standard InChI is InChI=1S/C19H30O3/c1-4-21-16-8-6-13-10-14-7-9-18(22-5-2)19(20-3)17(14)12-15(13)11-16/h4-5,13-19H,1-2,6-12H2,3H3. The lowest BCUT2D eigenvalue weighted by Gasteiger charge is -2.51. The van der Waals surface area contributed by atoms with Crippen molar-refractivity contribution in [2.75, 3.05) is 7.11 Å². The van der Waals surface area contributed by atoms with Crippen LogP contribution < -0.4 is 0 Å². The summed E-state index contributed by atoms with van der Waals surface area (Å²) in [5.41, 5.74) is 0. The van der Waals surface area contributed by atoms with Crippen LogP contribution >= 0.6 is 0 Å². The van der Waals surface area contributed by atoms with Gasteiger partial charge in [-0.3, -0.25) is 0 Å². The van der Waals surface area contributed by atoms with Crippen LogP contribution in [-0.2, 0) is 14.2 Å². The Morgan fingerprint density at radius 1 is 0.818 bits per heavy atom. The highest BCUT2D eigenvalue weighted by molar-refractivity contribution is 4.98. The summed E-state index contributed by atoms with van der Waals surface area (Å²) in [6.07, 6.45) is 12.7. The summed E-state index contributed by atoms with van der Waals surface area (Å²) < 4.78 is 17.3. The van der Waals surface area contributed by atoms with E-state index in [1.165, 1.54) is 38.5 Å². The first-order valence-electron chi connectivity index (χ1n) is 8.82. The Hall–Kier alpha value is -0.960. The second-order valence-electron chi connectivity index (χ2n) is 7.27. The molecule has 7 unspecified atom stereocenters. The van der Waals surface area contributed by atoms with Crippen molar-refractivity contribution in [1.82, 2.24) is 0 Å². The van der Waals surface area contributed by atoms with Gasteiger partial charge in [-0.2, -0.15) is 0 Å². The summed E-state index contributed by atoms with van der Waals surface area (Å²) in [5, 5.41) is 0. The summed E-state index contributed by atoms with van der Waals surface area (Å²) in [6, 6.07) is 0. The summed E-state index contributed by atoms with van der Waals surface area (Å²) in [4.78, 5) is 0. The molecule has 0 N–H and O–H groups in total. The summed E-state index contributed by atoms with van der Waals surface area (Å²) in [7, 11) is 1.84. The number of ether oxygens (including phenoxy) is 3. The largest absolute Gasteiger partial charge is 0.499 e. The highest BCUT2D eigenvalue weighted by Gasteiger charge is 2.47. The molecule has 7 atom stereocenters. The normalized spacial score (nSPS) is 44.3. The maximum Gasteiger partial charge on any atom is 0.124 e. The molecule has 3 nitrogen and oxygen atoms in total. The number of hydrogen-bond acceptors (Lipinski definition) is 3. The molecule has 0 aromatic heterocycles. The van der Waals surface area contributed by atoms with Crippen LogP contribution in [0.15, 0.2) is 25.7 Å². The van der Waals surface area contributed by atoms with E-state index in [0.717, 1.165) is 24.2 Å². The molecule has 0 saturated heterocycles. The van der Waals surface area contributed by atoms with Gasteiger partial charge in [0, 0.05) is 7.11 Å². The number of hydrogen-bond donors (Lipinski definition) is 0. The van der Waals surface area contributed by atoms with Crippen molar-refractivity contribution in [3.8, 4) is 0 Å². The average molecular weight is 306 g/mol. The van der Waals surface area contributed by atoms with Crippen LogP contribution in [0.5, 0.6) is 0 Å². The molecule has 124 valence electrons. The van der Waals surface area contributed by atoms with Crippen LogP contribution in [0.2, 0.25) is 0 Å². The average Bonchev–Trinajstić information content (AvgIpc) is 2.53. The van der Waals surface area contributed by atoms with Gasteiger partial charge in [0.25, 0.3) is 0 Å². The minimum atomic E-state index is 0.184. The Morgan fingerprint density at radius 3 is 2.32 bits per heavy atom. The van der Waals surface area contributed by atoms with Crippen molar-refractivity contribution < 1.29 is 14.2 Å². The van der Waals surface area contributed by atoms with Crippen LogP contribution in [-0.4, -0.2) is 25.4 Å². The molecule has 0 spiro atoms. The van der Waals surface area contributed by atoms with E-state index in [2.05, 4.69) is 13.2 Å². The van der Waals surface area contributed by atoms with E-state index in [9.17, 15) is 0 Å². The zero-order valence-corrected chi connectivity index (χ0v) is 13.8. The topological polar surface area (TPSA) is 27.7 Å². The molecule has 3 rings (SSSR count). The maximum absolute atomic E-state index is 5.86. The smallest absolute Gasteiger partial charge is 0.124 e. The van der Waals surface area contributed by atoms with Crippen molar-refractivity contribution in [2.45, 2.75) is 63.3 Å². The van der Waals surface area contributed by atoms with E-state index in [1.54, 1.807) is 12.5 Å². The fraction of sp³-hybridized carbons (Fsp3) is 0.789. The highest BCUT2D eigenvalue weighted by Crippen LogP contribution is 2.51. The highest BCUT2D eigenvalue weighted by atomic mass is 16.5. The summed E-state index contributed by atoms with van der Waals surface area (Å²) >= 11 is 0. The van der Waals surface area contributed by atoms with Gasteiger partial charge in [-0.1, -0.05) is 13.2 Å². The molecular weight excluding hydrogens is 276 g/mol. The molecule has 0 aromatic carbocycles. The monoisotopic (exact) mass is 306 g/mol. The van der Waals surface area contributed by atoms with E-state index in [1.807, 2.05) is 7.11 Å². The molecule has 0 radical (unpaired) electrons. The van der Waals surface area contributed by atoms with Crippen LogP contribution in [0.4, 0.5) is 0 Å². The molecule has 3 aliphatic carbocycles. The minimum absolute atomic E-state index is 0.184. The van der Waals surface area contributed by atoms with Crippen LogP contribution in [0, 0.1) is 23.7 Å². The van der Waals surface area contributed by atoms with Gasteiger partial charge in [-0.25, -0.2) is 0 Å². The SMILES string of the molecule is C=COC1CCC2CC3CCC(OC=C)C(OC)C3CC2C1. The van der Waals surface area contributed by atoms with Crippen molar-refractivity contribution >= 4 is 0 Å². The first-order valence-corrected chi connectivity index (χ1v) is 8.82. The Labute approximate surface area is 134 Å². The first-order chi connectivity index (χ1) is 10.8. The summed E-state index contributed by atoms with van der Waals surface area (Å²) in [5.74, 6) is 3.11. The molecule has 3 aliphatic rings. The fourth-order valence-corrected chi connectivity index (χ4v) is 5.40. The lowest BCUT2D eigenvalue weighted by Crippen LogP contribution is -2.49. The van der Waals surface area contributed by atoms with Gasteiger partial charge in [-0.05, 0) is 68.6 Å². The fourth-order valence-electron chi connectivity index (χ4n) is 5.40. The maximum atomic E-state index is 5.86. The van der Waals surface area contributed by atoms with E-state index >= 15 is 0 Å². The van der Waals surface area contributed by atoms with Crippen molar-refractivity contribution in [1.29, 1.82) is 0 Å². The van der Waals surface area contributed by atoms with Gasteiger partial charge in [0.1, 0.15) is 6.10 Å². The molecular formula is C19H30O3. The molecule has 22 heavy (non-hydrogen) atoms. The zero-order chi connectivity index (χ0) is 15.5. The molecule has 0 bridgehead atoms. The van der Waals surface area contributed by atoms with E-state index in [4.69, 9.17) is 14.2 Å². The molecule has 0 aromatic rings. The Kier molecular flexibility index (Phi) is 5.12. The number of rotatable bonds is 5. The molecule has 3 saturated carbocycles. The quantitative estimate of drug-likeness (QED) is 0.709. The van der Waals surface area contributed by atoms with Gasteiger partial charge < -0.3 is 14.2 Å². The van der Waals surface area contributed by atoms with Crippen molar-refractivity contribution in [3.05, 3.63) is 25.7 Å². The lowest BCUT2D eigenvalue weighted by molar-refractivity contribution is -0.124. The summed E-state index contributed by atoms with van der Waals surface area (Å²) in [6.45, 7) is 7.43. The second kappa shape index (κ2) is 7.08. The zero-order valence-electron chi connectivity index (χ0n) is 13.8. The lowest BCUT2D eigenvalue weighted by atomic mass is 9.58. The third kappa shape index (κ3) is 3.05. The van der Waals surface area contributed by atoms with Crippen molar-refractivity contribution in [3.63, 3.8) is 0 Å². The molecule has 0 aliphatic heterocycles. The molecule has 3 fully saturated rings. The van der Waals surface area contributed by atoms with Gasteiger partial charge in [0.15, 0.2) is 0 Å². The molecule has 3 heteroatoms. The Balaban J connectivity index is 1.68. The molecule has 0 amide bonds. The van der Waals surface area contributed by atoms with Crippen LogP contribution in [0.3, 0.4) is 0 Å². The molecule has 0 heterocycles. The number of fused-ring (bicyclic) bond motifs is 2. The predicted octanol–water partition coefficient (Wildman–Crippen LogP) is 4.30. The van der Waals surface area contributed by atoms with Crippen LogP contribution in [0.1, 0.15) is 44.9 Å².